The summed E-state index contributed by atoms with van der Waals surface area (Å²) in [4.78, 5) is 0. The Morgan fingerprint density at radius 3 is 1.18 bits per heavy atom. The molecule has 0 radical (unpaired) electrons. The van der Waals surface area contributed by atoms with Crippen LogP contribution in [0.25, 0.3) is 11.1 Å². The molecule has 0 bridgehead atoms. The number of nitrogens with zero attached hydrogens (tertiary/aromatic N) is 2. The molecule has 0 unspecified atom stereocenters. The second-order valence-electron chi connectivity index (χ2n) is 5.09. The van der Waals surface area contributed by atoms with E-state index in [4.69, 9.17) is 10.5 Å². The van der Waals surface area contributed by atoms with E-state index in [1.807, 2.05) is 24.3 Å². The van der Waals surface area contributed by atoms with E-state index in [0.29, 0.717) is 11.1 Å². The molecule has 102 valence electrons. The Kier molecular flexibility index (Phi) is 3.22. The van der Waals surface area contributed by atoms with E-state index in [-0.39, 0.29) is 0 Å². The minimum atomic E-state index is 0.632. The second kappa shape index (κ2) is 5.20. The smallest absolute Gasteiger partial charge is 0.0991 e. The van der Waals surface area contributed by atoms with Crippen molar-refractivity contribution < 1.29 is 0 Å². The lowest BCUT2D eigenvalue weighted by Crippen LogP contribution is -2.09. The maximum absolute atomic E-state index is 8.89. The van der Waals surface area contributed by atoms with Crippen LogP contribution in [0.1, 0.15) is 22.3 Å². The molecular weight excluding hydrogens is 268 g/mol. The zero-order valence-corrected chi connectivity index (χ0v) is 11.9. The SMILES string of the molecule is C=C1C(=C)C(c2ccc(C#N)cc2)=C1c1ccc(C#N)cc1. The van der Waals surface area contributed by atoms with E-state index < -0.39 is 0 Å². The largest absolute Gasteiger partial charge is 0.192 e. The van der Waals surface area contributed by atoms with Gasteiger partial charge in [-0.1, -0.05) is 37.4 Å². The van der Waals surface area contributed by atoms with Gasteiger partial charge in [-0.25, -0.2) is 0 Å². The number of nitriles is 2. The number of rotatable bonds is 2. The molecule has 0 saturated carbocycles. The third kappa shape index (κ3) is 2.04. The number of allylic oxidation sites excluding steroid dienone is 4. The van der Waals surface area contributed by atoms with Crippen molar-refractivity contribution in [1.29, 1.82) is 10.5 Å². The van der Waals surface area contributed by atoms with Gasteiger partial charge in [0.15, 0.2) is 0 Å². The summed E-state index contributed by atoms with van der Waals surface area (Å²) in [6.45, 7) is 8.15. The first-order chi connectivity index (χ1) is 10.7. The van der Waals surface area contributed by atoms with Crippen LogP contribution in [0.2, 0.25) is 0 Å². The normalized spacial score (nSPS) is 13.4. The van der Waals surface area contributed by atoms with Gasteiger partial charge in [0.1, 0.15) is 0 Å². The van der Waals surface area contributed by atoms with E-state index in [0.717, 1.165) is 33.4 Å². The van der Waals surface area contributed by atoms with Crippen LogP contribution in [0.3, 0.4) is 0 Å². The Labute approximate surface area is 129 Å². The summed E-state index contributed by atoms with van der Waals surface area (Å²) < 4.78 is 0. The van der Waals surface area contributed by atoms with Gasteiger partial charge in [0.2, 0.25) is 0 Å². The van der Waals surface area contributed by atoms with Crippen molar-refractivity contribution in [1.82, 2.24) is 0 Å². The first kappa shape index (κ1) is 13.6. The van der Waals surface area contributed by atoms with Crippen molar-refractivity contribution in [3.63, 3.8) is 0 Å². The summed E-state index contributed by atoms with van der Waals surface area (Å²) in [5.41, 5.74) is 7.26. The van der Waals surface area contributed by atoms with Crippen LogP contribution in [0.5, 0.6) is 0 Å². The summed E-state index contributed by atoms with van der Waals surface area (Å²) >= 11 is 0. The molecule has 1 aliphatic carbocycles. The number of hydrogen-bond donors (Lipinski definition) is 0. The molecule has 0 aliphatic heterocycles. The Morgan fingerprint density at radius 1 is 0.591 bits per heavy atom. The Morgan fingerprint density at radius 2 is 0.909 bits per heavy atom. The van der Waals surface area contributed by atoms with E-state index in [1.54, 1.807) is 24.3 Å². The monoisotopic (exact) mass is 280 g/mol. The molecule has 2 aromatic carbocycles. The van der Waals surface area contributed by atoms with Gasteiger partial charge in [-0.15, -0.1) is 0 Å². The van der Waals surface area contributed by atoms with Crippen LogP contribution >= 0.6 is 0 Å². The summed E-state index contributed by atoms with van der Waals surface area (Å²) in [7, 11) is 0. The first-order valence-corrected chi connectivity index (χ1v) is 6.80. The van der Waals surface area contributed by atoms with Crippen LogP contribution < -0.4 is 0 Å². The molecule has 0 N–H and O–H groups in total. The van der Waals surface area contributed by atoms with Crippen molar-refractivity contribution in [2.75, 3.05) is 0 Å². The molecule has 0 atom stereocenters. The molecule has 3 rings (SSSR count). The third-order valence-electron chi connectivity index (χ3n) is 3.82. The molecule has 2 nitrogen and oxygen atoms in total. The first-order valence-electron chi connectivity index (χ1n) is 6.80. The maximum Gasteiger partial charge on any atom is 0.0991 e. The molecule has 0 saturated heterocycles. The quantitative estimate of drug-likeness (QED) is 0.815. The third-order valence-corrected chi connectivity index (χ3v) is 3.82. The van der Waals surface area contributed by atoms with Crippen molar-refractivity contribution in [2.24, 2.45) is 0 Å². The molecule has 1 aliphatic rings. The van der Waals surface area contributed by atoms with Gasteiger partial charge in [-0.05, 0) is 57.7 Å². The summed E-state index contributed by atoms with van der Waals surface area (Å²) in [6.07, 6.45) is 0. The zero-order valence-electron chi connectivity index (χ0n) is 11.9. The van der Waals surface area contributed by atoms with Crippen molar-refractivity contribution in [3.05, 3.63) is 95.1 Å². The molecule has 2 aromatic rings. The van der Waals surface area contributed by atoms with Gasteiger partial charge in [0, 0.05) is 0 Å². The highest BCUT2D eigenvalue weighted by atomic mass is 14.3. The molecule has 22 heavy (non-hydrogen) atoms. The van der Waals surface area contributed by atoms with E-state index in [2.05, 4.69) is 25.3 Å². The molecule has 0 fully saturated rings. The Bertz CT molecular complexity index is 819. The van der Waals surface area contributed by atoms with Crippen LogP contribution in [-0.4, -0.2) is 0 Å². The minimum Gasteiger partial charge on any atom is -0.192 e. The van der Waals surface area contributed by atoms with Crippen LogP contribution in [0.15, 0.2) is 72.8 Å². The Balaban J connectivity index is 2.11. The van der Waals surface area contributed by atoms with E-state index in [9.17, 15) is 0 Å². The molecule has 0 spiro atoms. The lowest BCUT2D eigenvalue weighted by molar-refractivity contribution is 1.42. The molecular formula is C20H12N2. The van der Waals surface area contributed by atoms with Crippen molar-refractivity contribution >= 4 is 11.1 Å². The lowest BCUT2D eigenvalue weighted by atomic mass is 9.73. The summed E-state index contributed by atoms with van der Waals surface area (Å²) in [6, 6.07) is 19.1. The maximum atomic E-state index is 8.89. The molecule has 2 heteroatoms. The number of hydrogen-bond acceptors (Lipinski definition) is 2. The highest BCUT2D eigenvalue weighted by Crippen LogP contribution is 2.49. The fraction of sp³-hybridized carbons (Fsp3) is 0. The molecule has 0 aromatic heterocycles. The predicted octanol–water partition coefficient (Wildman–Crippen LogP) is 4.47. The molecule has 0 heterocycles. The highest BCUT2D eigenvalue weighted by molar-refractivity contribution is 6.17. The highest BCUT2D eigenvalue weighted by Gasteiger charge is 2.28. The van der Waals surface area contributed by atoms with Crippen LogP contribution in [-0.2, 0) is 0 Å². The van der Waals surface area contributed by atoms with E-state index in [1.165, 1.54) is 0 Å². The standard InChI is InChI=1S/C20H12N2/c1-13-14(2)20(18-9-5-16(12-22)6-10-18)19(13)17-7-3-15(11-21)4-8-17/h3-10H,1-2H2. The lowest BCUT2D eigenvalue weighted by Gasteiger charge is -2.30. The second-order valence-corrected chi connectivity index (χ2v) is 5.09. The van der Waals surface area contributed by atoms with Gasteiger partial charge >= 0.3 is 0 Å². The van der Waals surface area contributed by atoms with Gasteiger partial charge in [-0.3, -0.25) is 0 Å². The van der Waals surface area contributed by atoms with Gasteiger partial charge in [-0.2, -0.15) is 10.5 Å². The van der Waals surface area contributed by atoms with Gasteiger partial charge < -0.3 is 0 Å². The fourth-order valence-electron chi connectivity index (χ4n) is 2.60. The fourth-order valence-corrected chi connectivity index (χ4v) is 2.60. The van der Waals surface area contributed by atoms with Crippen molar-refractivity contribution in [2.45, 2.75) is 0 Å². The van der Waals surface area contributed by atoms with Gasteiger partial charge in [0.25, 0.3) is 0 Å². The predicted molar refractivity (Wildman–Crippen MR) is 87.4 cm³/mol. The topological polar surface area (TPSA) is 47.6 Å². The average molecular weight is 280 g/mol. The summed E-state index contributed by atoms with van der Waals surface area (Å²) in [5.74, 6) is 0. The average Bonchev–Trinajstić information content (AvgIpc) is 2.59. The van der Waals surface area contributed by atoms with Crippen LogP contribution in [0, 0.1) is 22.7 Å². The molecule has 0 amide bonds. The minimum absolute atomic E-state index is 0.632. The van der Waals surface area contributed by atoms with Crippen molar-refractivity contribution in [3.8, 4) is 12.1 Å². The van der Waals surface area contributed by atoms with Gasteiger partial charge in [0.05, 0.1) is 23.3 Å². The Hall–Kier alpha value is -3.36. The van der Waals surface area contributed by atoms with Crippen LogP contribution in [0.4, 0.5) is 0 Å². The summed E-state index contributed by atoms with van der Waals surface area (Å²) in [5, 5.41) is 17.8. The number of benzene rings is 2. The zero-order chi connectivity index (χ0) is 15.7. The van der Waals surface area contributed by atoms with E-state index >= 15 is 0 Å².